The van der Waals surface area contributed by atoms with Crippen molar-refractivity contribution < 1.29 is 0 Å². The molecule has 0 aliphatic carbocycles. The molecule has 386 valence electrons. The predicted octanol–water partition coefficient (Wildman–Crippen LogP) is 22.6. The molecule has 14 rings (SSSR count). The first-order valence-electron chi connectivity index (χ1n) is 28.1. The van der Waals surface area contributed by atoms with Crippen LogP contribution in [0.4, 0.5) is 34.1 Å². The van der Waals surface area contributed by atoms with E-state index in [0.29, 0.717) is 0 Å². The lowest BCUT2D eigenvalue weighted by atomic mass is 9.97. The highest BCUT2D eigenvalue weighted by atomic mass is 15.1. The predicted molar refractivity (Wildman–Crippen MR) is 349 cm³/mol. The summed E-state index contributed by atoms with van der Waals surface area (Å²) in [6.07, 6.45) is 0. The molecule has 0 N–H and O–H groups in total. The number of nitrogens with zero attached hydrogens (tertiary/aromatic N) is 2. The van der Waals surface area contributed by atoms with Gasteiger partial charge in [0, 0.05) is 34.1 Å². The van der Waals surface area contributed by atoms with Crippen LogP contribution in [0.25, 0.3) is 99.4 Å². The summed E-state index contributed by atoms with van der Waals surface area (Å²) < 4.78 is 0. The fourth-order valence-electron chi connectivity index (χ4n) is 11.5. The second-order valence-corrected chi connectivity index (χ2v) is 20.9. The van der Waals surface area contributed by atoms with Crippen molar-refractivity contribution in [2.75, 3.05) is 9.80 Å². The van der Waals surface area contributed by atoms with Gasteiger partial charge in [-0.05, 0) is 178 Å². The molecule has 2 heteroatoms. The molecule has 82 heavy (non-hydrogen) atoms. The SMILES string of the molecule is c1ccc(-c2ccc(N(c3ccc(-c4ccc(-c5ccc(-c6ccc(N(c7ccc(-c8ccccc8)cc7)c7ccc(-c8cccc9ccccc89)cc7)cc6)cc5)cc4)cc3)c3ccc(-c4ccc5ccccc5c4)cc3)cc2)cc1. The van der Waals surface area contributed by atoms with E-state index >= 15 is 0 Å². The third-order valence-electron chi connectivity index (χ3n) is 15.9. The molecule has 0 saturated heterocycles. The van der Waals surface area contributed by atoms with E-state index in [-0.39, 0.29) is 0 Å². The number of rotatable bonds is 13. The number of anilines is 6. The molecule has 0 bridgehead atoms. The fourth-order valence-corrected chi connectivity index (χ4v) is 11.5. The quantitative estimate of drug-likeness (QED) is 0.114. The van der Waals surface area contributed by atoms with Crippen LogP contribution in [-0.2, 0) is 0 Å². The fraction of sp³-hybridized carbons (Fsp3) is 0. The van der Waals surface area contributed by atoms with Crippen LogP contribution < -0.4 is 9.80 Å². The maximum absolute atomic E-state index is 2.35. The van der Waals surface area contributed by atoms with Gasteiger partial charge in [-0.15, -0.1) is 0 Å². The van der Waals surface area contributed by atoms with Crippen LogP contribution in [0.1, 0.15) is 0 Å². The molecule has 0 aliphatic rings. The minimum Gasteiger partial charge on any atom is -0.311 e. The lowest BCUT2D eigenvalue weighted by Crippen LogP contribution is -2.09. The van der Waals surface area contributed by atoms with Gasteiger partial charge in [0.1, 0.15) is 0 Å². The first-order valence-corrected chi connectivity index (χ1v) is 28.1. The third kappa shape index (κ3) is 10.1. The van der Waals surface area contributed by atoms with E-state index in [0.717, 1.165) is 34.1 Å². The van der Waals surface area contributed by atoms with Crippen molar-refractivity contribution in [2.24, 2.45) is 0 Å². The monoisotopic (exact) mass is 1040 g/mol. The van der Waals surface area contributed by atoms with Gasteiger partial charge < -0.3 is 9.80 Å². The van der Waals surface area contributed by atoms with Crippen LogP contribution >= 0.6 is 0 Å². The van der Waals surface area contributed by atoms with Crippen molar-refractivity contribution in [2.45, 2.75) is 0 Å². The number of fused-ring (bicyclic) bond motifs is 2. The molecule has 0 aliphatic heterocycles. The zero-order chi connectivity index (χ0) is 54.6. The molecule has 14 aromatic rings. The largest absolute Gasteiger partial charge is 0.311 e. The zero-order valence-corrected chi connectivity index (χ0v) is 45.2. The smallest absolute Gasteiger partial charge is 0.0462 e. The third-order valence-corrected chi connectivity index (χ3v) is 15.9. The molecule has 0 fully saturated rings. The molecule has 0 atom stereocenters. The topological polar surface area (TPSA) is 6.48 Å². The number of hydrogen-bond donors (Lipinski definition) is 0. The van der Waals surface area contributed by atoms with Crippen molar-refractivity contribution in [3.05, 3.63) is 340 Å². The number of benzene rings is 14. The molecule has 0 amide bonds. The minimum atomic E-state index is 1.09. The van der Waals surface area contributed by atoms with Gasteiger partial charge in [-0.3, -0.25) is 0 Å². The van der Waals surface area contributed by atoms with Crippen LogP contribution in [0, 0.1) is 0 Å². The molecule has 14 aromatic carbocycles. The van der Waals surface area contributed by atoms with Crippen molar-refractivity contribution in [1.29, 1.82) is 0 Å². The van der Waals surface area contributed by atoms with Gasteiger partial charge in [-0.2, -0.15) is 0 Å². The average Bonchev–Trinajstić information content (AvgIpc) is 3.63. The Hall–Kier alpha value is -10.8. The normalized spacial score (nSPS) is 11.2. The second kappa shape index (κ2) is 22.1. The Bertz CT molecular complexity index is 4450. The first kappa shape index (κ1) is 49.5. The van der Waals surface area contributed by atoms with Gasteiger partial charge in [0.15, 0.2) is 0 Å². The van der Waals surface area contributed by atoms with Crippen LogP contribution in [0.3, 0.4) is 0 Å². The van der Waals surface area contributed by atoms with Crippen molar-refractivity contribution >= 4 is 55.7 Å². The maximum atomic E-state index is 2.35. The highest BCUT2D eigenvalue weighted by molar-refractivity contribution is 5.97. The van der Waals surface area contributed by atoms with E-state index in [4.69, 9.17) is 0 Å². The lowest BCUT2D eigenvalue weighted by molar-refractivity contribution is 1.28. The minimum absolute atomic E-state index is 1.09. The summed E-state index contributed by atoms with van der Waals surface area (Å²) >= 11 is 0. The molecule has 0 spiro atoms. The summed E-state index contributed by atoms with van der Waals surface area (Å²) in [5, 5.41) is 4.99. The van der Waals surface area contributed by atoms with Crippen molar-refractivity contribution in [3.8, 4) is 77.9 Å². The Kier molecular flexibility index (Phi) is 13.4. The zero-order valence-electron chi connectivity index (χ0n) is 45.2. The van der Waals surface area contributed by atoms with E-state index in [1.165, 1.54) is 99.4 Å². The molecule has 2 nitrogen and oxygen atoms in total. The van der Waals surface area contributed by atoms with Crippen LogP contribution in [0.5, 0.6) is 0 Å². The maximum Gasteiger partial charge on any atom is 0.0462 e. The number of hydrogen-bond acceptors (Lipinski definition) is 2. The highest BCUT2D eigenvalue weighted by Gasteiger charge is 2.17. The van der Waals surface area contributed by atoms with Gasteiger partial charge in [-0.1, -0.05) is 261 Å². The standard InChI is InChI=1S/C80H56N2/c1-3-12-57(13-4-1)64-32-44-73(45-33-64)81(77-52-40-68(41-53-77)72-31-30-59-16-7-8-18-71(59)56-72)75-48-36-66(37-49-75)62-26-22-60(23-27-62)61-24-28-63(29-25-61)67-38-50-76(51-39-67)82(74-46-34-65(35-47-74)58-14-5-2-6-15-58)78-54-42-70(43-55-78)80-21-11-19-69-17-9-10-20-79(69)80/h1-56H. The van der Waals surface area contributed by atoms with E-state index in [2.05, 4.69) is 350 Å². The Balaban J connectivity index is 0.699. The summed E-state index contributed by atoms with van der Waals surface area (Å²) in [5.74, 6) is 0. The van der Waals surface area contributed by atoms with Gasteiger partial charge >= 0.3 is 0 Å². The van der Waals surface area contributed by atoms with Crippen molar-refractivity contribution in [1.82, 2.24) is 0 Å². The Morgan fingerprint density at radius 3 is 0.780 bits per heavy atom. The Morgan fingerprint density at radius 1 is 0.146 bits per heavy atom. The Morgan fingerprint density at radius 2 is 0.402 bits per heavy atom. The first-order chi connectivity index (χ1) is 40.6. The molecule has 0 aromatic heterocycles. The average molecular weight is 1050 g/mol. The van der Waals surface area contributed by atoms with Gasteiger partial charge in [0.25, 0.3) is 0 Å². The van der Waals surface area contributed by atoms with Gasteiger partial charge in [-0.25, -0.2) is 0 Å². The van der Waals surface area contributed by atoms with Crippen LogP contribution in [-0.4, -0.2) is 0 Å². The van der Waals surface area contributed by atoms with Crippen LogP contribution in [0.15, 0.2) is 340 Å². The molecular weight excluding hydrogens is 989 g/mol. The second-order valence-electron chi connectivity index (χ2n) is 20.9. The summed E-state index contributed by atoms with van der Waals surface area (Å²) in [5.41, 5.74) is 23.2. The van der Waals surface area contributed by atoms with Gasteiger partial charge in [0.2, 0.25) is 0 Å². The van der Waals surface area contributed by atoms with Crippen LogP contribution in [0.2, 0.25) is 0 Å². The van der Waals surface area contributed by atoms with E-state index in [1.807, 2.05) is 0 Å². The summed E-state index contributed by atoms with van der Waals surface area (Å²) in [7, 11) is 0. The summed E-state index contributed by atoms with van der Waals surface area (Å²) in [6, 6.07) is 123. The Labute approximate surface area is 480 Å². The molecular formula is C80H56N2. The highest BCUT2D eigenvalue weighted by Crippen LogP contribution is 2.41. The summed E-state index contributed by atoms with van der Waals surface area (Å²) in [4.78, 5) is 4.69. The molecule has 0 saturated carbocycles. The van der Waals surface area contributed by atoms with E-state index < -0.39 is 0 Å². The molecule has 0 heterocycles. The van der Waals surface area contributed by atoms with E-state index in [9.17, 15) is 0 Å². The summed E-state index contributed by atoms with van der Waals surface area (Å²) in [6.45, 7) is 0. The van der Waals surface area contributed by atoms with Crippen molar-refractivity contribution in [3.63, 3.8) is 0 Å². The molecule has 0 unspecified atom stereocenters. The lowest BCUT2D eigenvalue weighted by Gasteiger charge is -2.26. The van der Waals surface area contributed by atoms with E-state index in [1.54, 1.807) is 0 Å². The van der Waals surface area contributed by atoms with Gasteiger partial charge in [0.05, 0.1) is 0 Å². The molecule has 0 radical (unpaired) electrons.